The number of carboxylic acids is 1. The number of benzene rings is 2. The van der Waals surface area contributed by atoms with Crippen LogP contribution in [0.2, 0.25) is 0 Å². The number of carboxylic acid groups (broad SMARTS) is 1. The van der Waals surface area contributed by atoms with E-state index in [1.165, 1.54) is 0 Å². The molecular weight excluding hydrogens is 674 g/mol. The van der Waals surface area contributed by atoms with Gasteiger partial charge in [0.25, 0.3) is 5.91 Å². The average molecular weight is 726 g/mol. The Morgan fingerprint density at radius 3 is 2.42 bits per heavy atom. The molecule has 1 saturated carbocycles. The standard InChI is InChI=1S/C40H51N7O6/c1-4-31-39(50)45(2)32-18-19-34(43-37(32)47(31)29-13-8-9-14-29)42-30-17-16-27(25-33(30)53-3)38(49)41-28-20-23-46(24-21-28)22-10-15-35(48)44-36(40(51)52)26-11-6-5-7-12-26/h5-7,11-12,16-19,25,28-29,31,36H,4,8-10,13-15,20-24H2,1-3H3,(H,41,49)(H,42,43)(H,44,48)(H,51,52)/t31-,36-/m1/s1. The van der Waals surface area contributed by atoms with Crippen LogP contribution in [0.3, 0.4) is 0 Å². The van der Waals surface area contributed by atoms with E-state index in [0.717, 1.165) is 63.1 Å². The van der Waals surface area contributed by atoms with Crippen molar-refractivity contribution >= 4 is 46.7 Å². The highest BCUT2D eigenvalue weighted by atomic mass is 16.5. The zero-order chi connectivity index (χ0) is 37.5. The normalized spacial score (nSPS) is 18.7. The first-order valence-corrected chi connectivity index (χ1v) is 18.8. The molecule has 3 aromatic rings. The first-order chi connectivity index (χ1) is 25.7. The fourth-order valence-corrected chi connectivity index (χ4v) is 7.83. The van der Waals surface area contributed by atoms with Crippen LogP contribution in [0.1, 0.15) is 86.7 Å². The molecule has 3 heterocycles. The number of nitrogens with one attached hydrogen (secondary N) is 3. The molecule has 13 heteroatoms. The smallest absolute Gasteiger partial charge is 0.330 e. The van der Waals surface area contributed by atoms with Crippen LogP contribution in [-0.4, -0.2) is 90.6 Å². The summed E-state index contributed by atoms with van der Waals surface area (Å²) in [4.78, 5) is 62.1. The summed E-state index contributed by atoms with van der Waals surface area (Å²) < 4.78 is 5.70. The van der Waals surface area contributed by atoms with Gasteiger partial charge in [0.15, 0.2) is 11.9 Å². The molecule has 0 unspecified atom stereocenters. The number of aromatic nitrogens is 1. The molecule has 4 N–H and O–H groups in total. The highest BCUT2D eigenvalue weighted by Gasteiger charge is 2.41. The maximum atomic E-state index is 13.3. The summed E-state index contributed by atoms with van der Waals surface area (Å²) in [5.74, 6) is 0.506. The summed E-state index contributed by atoms with van der Waals surface area (Å²) in [6.45, 7) is 4.34. The molecule has 1 aromatic heterocycles. The number of carbonyl (C=O) groups excluding carboxylic acids is 3. The van der Waals surface area contributed by atoms with Crippen molar-refractivity contribution in [3.8, 4) is 5.75 Å². The van der Waals surface area contributed by atoms with Gasteiger partial charge in [-0.05, 0) is 81.0 Å². The second-order valence-electron chi connectivity index (χ2n) is 14.2. The number of anilines is 4. The highest BCUT2D eigenvalue weighted by molar-refractivity contribution is 6.04. The molecule has 2 atom stereocenters. The van der Waals surface area contributed by atoms with Crippen LogP contribution in [-0.2, 0) is 14.4 Å². The van der Waals surface area contributed by atoms with Crippen LogP contribution in [0.15, 0.2) is 60.7 Å². The Morgan fingerprint density at radius 2 is 1.74 bits per heavy atom. The van der Waals surface area contributed by atoms with Gasteiger partial charge in [-0.25, -0.2) is 9.78 Å². The molecule has 0 radical (unpaired) electrons. The molecular formula is C40H51N7O6. The molecule has 2 aliphatic heterocycles. The molecule has 53 heavy (non-hydrogen) atoms. The van der Waals surface area contributed by atoms with Crippen LogP contribution in [0.25, 0.3) is 0 Å². The Morgan fingerprint density at radius 1 is 1.00 bits per heavy atom. The number of likely N-dealkylation sites (N-methyl/N-ethyl adjacent to an activating group) is 1. The van der Waals surface area contributed by atoms with Crippen molar-refractivity contribution in [2.45, 2.75) is 88.9 Å². The van der Waals surface area contributed by atoms with Crippen LogP contribution in [0, 0.1) is 0 Å². The maximum absolute atomic E-state index is 13.3. The summed E-state index contributed by atoms with van der Waals surface area (Å²) in [5, 5.41) is 18.8. The predicted octanol–water partition coefficient (Wildman–Crippen LogP) is 5.25. The lowest BCUT2D eigenvalue weighted by Crippen LogP contribution is -2.55. The highest BCUT2D eigenvalue weighted by Crippen LogP contribution is 2.41. The van der Waals surface area contributed by atoms with Gasteiger partial charge in [-0.15, -0.1) is 0 Å². The largest absolute Gasteiger partial charge is 0.495 e. The first kappa shape index (κ1) is 37.6. The number of pyridine rings is 1. The fraction of sp³-hybridized carbons (Fsp3) is 0.475. The number of amides is 3. The second-order valence-corrected chi connectivity index (χ2v) is 14.2. The summed E-state index contributed by atoms with van der Waals surface area (Å²) >= 11 is 0. The molecule has 0 bridgehead atoms. The maximum Gasteiger partial charge on any atom is 0.330 e. The van der Waals surface area contributed by atoms with Crippen molar-refractivity contribution in [2.75, 3.05) is 48.9 Å². The third-order valence-corrected chi connectivity index (χ3v) is 10.7. The van der Waals surface area contributed by atoms with Crippen molar-refractivity contribution in [1.82, 2.24) is 20.5 Å². The molecule has 2 aromatic carbocycles. The average Bonchev–Trinajstić information content (AvgIpc) is 3.71. The molecule has 0 spiro atoms. The summed E-state index contributed by atoms with van der Waals surface area (Å²) in [6, 6.07) is 16.8. The molecule has 6 rings (SSSR count). The van der Waals surface area contributed by atoms with Crippen LogP contribution >= 0.6 is 0 Å². The van der Waals surface area contributed by atoms with Crippen molar-refractivity contribution in [3.05, 3.63) is 71.8 Å². The van der Waals surface area contributed by atoms with Gasteiger partial charge in [-0.1, -0.05) is 50.1 Å². The van der Waals surface area contributed by atoms with Gasteiger partial charge in [0.05, 0.1) is 18.5 Å². The lowest BCUT2D eigenvalue weighted by Gasteiger charge is -2.43. The number of likely N-dealkylation sites (tertiary alicyclic amines) is 1. The van der Waals surface area contributed by atoms with Gasteiger partial charge in [0.2, 0.25) is 11.8 Å². The van der Waals surface area contributed by atoms with E-state index in [4.69, 9.17) is 9.72 Å². The minimum absolute atomic E-state index is 0.0208. The Hall–Kier alpha value is -5.17. The summed E-state index contributed by atoms with van der Waals surface area (Å²) in [5.41, 5.74) is 2.51. The number of piperidine rings is 1. The number of ether oxygens (including phenoxy) is 1. The number of hydrogen-bond donors (Lipinski definition) is 4. The fourth-order valence-electron chi connectivity index (χ4n) is 7.83. The minimum Gasteiger partial charge on any atom is -0.495 e. The molecule has 3 aliphatic rings. The van der Waals surface area contributed by atoms with E-state index in [9.17, 15) is 24.3 Å². The van der Waals surface area contributed by atoms with E-state index < -0.39 is 12.0 Å². The van der Waals surface area contributed by atoms with E-state index >= 15 is 0 Å². The predicted molar refractivity (Wildman–Crippen MR) is 204 cm³/mol. The monoisotopic (exact) mass is 725 g/mol. The van der Waals surface area contributed by atoms with Crippen molar-refractivity contribution in [2.24, 2.45) is 0 Å². The van der Waals surface area contributed by atoms with E-state index in [1.807, 2.05) is 25.2 Å². The quantitative estimate of drug-likeness (QED) is 0.173. The zero-order valence-corrected chi connectivity index (χ0v) is 30.8. The number of aliphatic carboxylic acids is 1. The van der Waals surface area contributed by atoms with E-state index in [1.54, 1.807) is 54.5 Å². The Bertz CT molecular complexity index is 1770. The summed E-state index contributed by atoms with van der Waals surface area (Å²) in [6.07, 6.45) is 7.54. The van der Waals surface area contributed by atoms with Gasteiger partial charge >= 0.3 is 5.97 Å². The lowest BCUT2D eigenvalue weighted by atomic mass is 10.0. The van der Waals surface area contributed by atoms with E-state index in [0.29, 0.717) is 47.8 Å². The second kappa shape index (κ2) is 17.1. The number of rotatable bonds is 14. The molecule has 1 saturated heterocycles. The van der Waals surface area contributed by atoms with Gasteiger partial charge in [-0.2, -0.15) is 0 Å². The number of hydrogen-bond acceptors (Lipinski definition) is 9. The third-order valence-electron chi connectivity index (χ3n) is 10.7. The van der Waals surface area contributed by atoms with Gasteiger partial charge in [-0.3, -0.25) is 14.4 Å². The van der Waals surface area contributed by atoms with Gasteiger partial charge < -0.3 is 40.5 Å². The van der Waals surface area contributed by atoms with E-state index in [-0.39, 0.29) is 42.3 Å². The summed E-state index contributed by atoms with van der Waals surface area (Å²) in [7, 11) is 3.39. The van der Waals surface area contributed by atoms with Crippen molar-refractivity contribution in [1.29, 1.82) is 0 Å². The molecule has 282 valence electrons. The minimum atomic E-state index is -1.09. The molecule has 2 fully saturated rings. The molecule has 3 amide bonds. The van der Waals surface area contributed by atoms with Crippen molar-refractivity contribution < 1.29 is 29.0 Å². The van der Waals surface area contributed by atoms with Crippen LogP contribution < -0.4 is 30.5 Å². The zero-order valence-electron chi connectivity index (χ0n) is 30.8. The first-order valence-electron chi connectivity index (χ1n) is 18.8. The SMILES string of the molecule is CC[C@@H]1C(=O)N(C)c2ccc(Nc3ccc(C(=O)NC4CCN(CCCC(=O)N[C@@H](C(=O)O)c5ccccc5)CC4)cc3OC)nc2N1C1CCCC1. The number of carbonyl (C=O) groups is 4. The number of nitrogens with zero attached hydrogens (tertiary/aromatic N) is 4. The van der Waals surface area contributed by atoms with E-state index in [2.05, 4.69) is 32.7 Å². The third kappa shape index (κ3) is 8.73. The number of fused-ring (bicyclic) bond motifs is 1. The number of methoxy groups -OCH3 is 1. The lowest BCUT2D eigenvalue weighted by molar-refractivity contribution is -0.142. The molecule has 1 aliphatic carbocycles. The van der Waals surface area contributed by atoms with Crippen molar-refractivity contribution in [3.63, 3.8) is 0 Å². The van der Waals surface area contributed by atoms with Gasteiger partial charge in [0.1, 0.15) is 17.6 Å². The Kier molecular flexibility index (Phi) is 12.1. The topological polar surface area (TPSA) is 156 Å². The van der Waals surface area contributed by atoms with Crippen LogP contribution in [0.5, 0.6) is 5.75 Å². The molecule has 13 nitrogen and oxygen atoms in total. The van der Waals surface area contributed by atoms with Crippen LogP contribution in [0.4, 0.5) is 23.0 Å². The Labute approximate surface area is 311 Å². The van der Waals surface area contributed by atoms with Gasteiger partial charge in [0, 0.05) is 44.2 Å². The Balaban J connectivity index is 1.00.